The van der Waals surface area contributed by atoms with Crippen LogP contribution in [0.15, 0.2) is 12.3 Å². The molecule has 0 aliphatic heterocycles. The minimum absolute atomic E-state index is 0.588. The molecule has 0 bridgehead atoms. The van der Waals surface area contributed by atoms with Gasteiger partial charge in [0.25, 0.3) is 0 Å². The molecule has 72 valence electrons. The van der Waals surface area contributed by atoms with Crippen molar-refractivity contribution in [2.24, 2.45) is 5.92 Å². The van der Waals surface area contributed by atoms with Crippen molar-refractivity contribution in [1.82, 2.24) is 4.90 Å². The van der Waals surface area contributed by atoms with Gasteiger partial charge in [-0.2, -0.15) is 5.26 Å². The van der Waals surface area contributed by atoms with Crippen LogP contribution < -0.4 is 0 Å². The highest BCUT2D eigenvalue weighted by Gasteiger charge is 2.15. The van der Waals surface area contributed by atoms with E-state index in [4.69, 9.17) is 5.26 Å². The zero-order valence-corrected chi connectivity index (χ0v) is 8.42. The highest BCUT2D eigenvalue weighted by Crippen LogP contribution is 2.24. The van der Waals surface area contributed by atoms with Crippen LogP contribution in [-0.2, 0) is 0 Å². The minimum atomic E-state index is 0.588. The first-order valence-corrected chi connectivity index (χ1v) is 5.04. The Hall–Kier alpha value is -0.970. The van der Waals surface area contributed by atoms with E-state index in [0.29, 0.717) is 5.70 Å². The number of nitriles is 1. The molecule has 0 atom stereocenters. The van der Waals surface area contributed by atoms with E-state index < -0.39 is 0 Å². The third-order valence-corrected chi connectivity index (χ3v) is 2.85. The summed E-state index contributed by atoms with van der Waals surface area (Å²) in [4.78, 5) is 1.98. The zero-order valence-electron chi connectivity index (χ0n) is 8.42. The highest BCUT2D eigenvalue weighted by molar-refractivity contribution is 5.13. The lowest BCUT2D eigenvalue weighted by Crippen LogP contribution is -2.25. The molecule has 0 aromatic heterocycles. The van der Waals surface area contributed by atoms with Crippen molar-refractivity contribution in [2.75, 3.05) is 13.6 Å². The normalized spacial score (nSPS) is 17.8. The molecular weight excluding hydrogens is 160 g/mol. The molecule has 0 saturated heterocycles. The second kappa shape index (κ2) is 4.91. The average molecular weight is 178 g/mol. The Bertz CT molecular complexity index is 209. The second-order valence-corrected chi connectivity index (χ2v) is 3.94. The van der Waals surface area contributed by atoms with Gasteiger partial charge in [-0.1, -0.05) is 25.8 Å². The van der Waals surface area contributed by atoms with Crippen LogP contribution >= 0.6 is 0 Å². The number of nitrogens with zero attached hydrogens (tertiary/aromatic N) is 2. The third-order valence-electron chi connectivity index (χ3n) is 2.85. The molecule has 0 radical (unpaired) electrons. The summed E-state index contributed by atoms with van der Waals surface area (Å²) in [7, 11) is 1.96. The van der Waals surface area contributed by atoms with Gasteiger partial charge in [0, 0.05) is 13.6 Å². The Kier molecular flexibility index (Phi) is 3.82. The van der Waals surface area contributed by atoms with Gasteiger partial charge >= 0.3 is 0 Å². The summed E-state index contributed by atoms with van der Waals surface area (Å²) in [5.41, 5.74) is 0.588. The van der Waals surface area contributed by atoms with E-state index >= 15 is 0 Å². The molecule has 0 aromatic rings. The predicted octanol–water partition coefficient (Wildman–Crippen LogP) is 2.54. The number of hydrogen-bond donors (Lipinski definition) is 0. The van der Waals surface area contributed by atoms with Gasteiger partial charge in [0.15, 0.2) is 0 Å². The van der Waals surface area contributed by atoms with Crippen LogP contribution in [0.4, 0.5) is 0 Å². The van der Waals surface area contributed by atoms with Crippen molar-refractivity contribution in [3.8, 4) is 6.07 Å². The summed E-state index contributed by atoms with van der Waals surface area (Å²) < 4.78 is 0. The molecule has 0 spiro atoms. The van der Waals surface area contributed by atoms with Gasteiger partial charge in [0.2, 0.25) is 0 Å². The summed E-state index contributed by atoms with van der Waals surface area (Å²) in [6, 6.07) is 2.09. The molecule has 0 heterocycles. The Morgan fingerprint density at radius 3 is 2.62 bits per heavy atom. The van der Waals surface area contributed by atoms with Crippen LogP contribution in [0.1, 0.15) is 32.1 Å². The van der Waals surface area contributed by atoms with Gasteiger partial charge in [0.05, 0.1) is 0 Å². The van der Waals surface area contributed by atoms with Gasteiger partial charge in [-0.3, -0.25) is 0 Å². The first kappa shape index (κ1) is 10.1. The monoisotopic (exact) mass is 178 g/mol. The molecule has 2 nitrogen and oxygen atoms in total. The Morgan fingerprint density at radius 2 is 2.08 bits per heavy atom. The fourth-order valence-corrected chi connectivity index (χ4v) is 1.95. The van der Waals surface area contributed by atoms with Crippen molar-refractivity contribution in [3.05, 3.63) is 12.3 Å². The van der Waals surface area contributed by atoms with Crippen LogP contribution in [0.5, 0.6) is 0 Å². The van der Waals surface area contributed by atoms with Crippen LogP contribution in [0.25, 0.3) is 0 Å². The van der Waals surface area contributed by atoms with Gasteiger partial charge in [-0.05, 0) is 18.8 Å². The van der Waals surface area contributed by atoms with Crippen LogP contribution in [-0.4, -0.2) is 18.5 Å². The smallest absolute Gasteiger partial charge is 0.116 e. The van der Waals surface area contributed by atoms with Crippen LogP contribution in [0.3, 0.4) is 0 Å². The quantitative estimate of drug-likeness (QED) is 0.621. The molecule has 2 heteroatoms. The van der Waals surface area contributed by atoms with E-state index in [1.165, 1.54) is 32.1 Å². The van der Waals surface area contributed by atoms with E-state index in [2.05, 4.69) is 12.6 Å². The molecule has 1 fully saturated rings. The maximum Gasteiger partial charge on any atom is 0.116 e. The zero-order chi connectivity index (χ0) is 9.68. The van der Waals surface area contributed by atoms with Crippen molar-refractivity contribution in [2.45, 2.75) is 32.1 Å². The van der Waals surface area contributed by atoms with Gasteiger partial charge < -0.3 is 4.90 Å². The summed E-state index contributed by atoms with van der Waals surface area (Å²) in [5, 5.41) is 8.64. The standard InChI is InChI=1S/C11H18N2/c1-10(8-12)13(2)9-11-6-4-3-5-7-11/h11H,1,3-7,9H2,2H3. The number of allylic oxidation sites excluding steroid dienone is 1. The van der Waals surface area contributed by atoms with Gasteiger partial charge in [-0.15, -0.1) is 0 Å². The molecule has 0 unspecified atom stereocenters. The molecule has 1 aliphatic rings. The third kappa shape index (κ3) is 3.10. The molecular formula is C11H18N2. The number of hydrogen-bond acceptors (Lipinski definition) is 2. The van der Waals surface area contributed by atoms with E-state index in [-0.39, 0.29) is 0 Å². The molecule has 13 heavy (non-hydrogen) atoms. The van der Waals surface area contributed by atoms with Gasteiger partial charge in [0.1, 0.15) is 11.8 Å². The minimum Gasteiger partial charge on any atom is -0.366 e. The first-order chi connectivity index (χ1) is 6.24. The largest absolute Gasteiger partial charge is 0.366 e. The number of rotatable bonds is 3. The Morgan fingerprint density at radius 1 is 1.46 bits per heavy atom. The highest BCUT2D eigenvalue weighted by atomic mass is 15.1. The summed E-state index contributed by atoms with van der Waals surface area (Å²) in [6.45, 7) is 4.71. The molecule has 1 aliphatic carbocycles. The molecule has 0 N–H and O–H groups in total. The lowest BCUT2D eigenvalue weighted by molar-refractivity contribution is 0.274. The Labute approximate surface area is 80.8 Å². The van der Waals surface area contributed by atoms with Crippen molar-refractivity contribution < 1.29 is 0 Å². The average Bonchev–Trinajstić information content (AvgIpc) is 2.18. The summed E-state index contributed by atoms with van der Waals surface area (Å²) >= 11 is 0. The topological polar surface area (TPSA) is 27.0 Å². The van der Waals surface area contributed by atoms with E-state index in [0.717, 1.165) is 12.5 Å². The van der Waals surface area contributed by atoms with Gasteiger partial charge in [-0.25, -0.2) is 0 Å². The SMILES string of the molecule is C=C(C#N)N(C)CC1CCCCC1. The lowest BCUT2D eigenvalue weighted by Gasteiger charge is -2.27. The molecule has 0 amide bonds. The van der Waals surface area contributed by atoms with E-state index in [1.54, 1.807) is 0 Å². The molecule has 1 saturated carbocycles. The first-order valence-electron chi connectivity index (χ1n) is 5.04. The van der Waals surface area contributed by atoms with Crippen LogP contribution in [0, 0.1) is 17.2 Å². The van der Waals surface area contributed by atoms with Crippen LogP contribution in [0.2, 0.25) is 0 Å². The lowest BCUT2D eigenvalue weighted by atomic mass is 9.89. The second-order valence-electron chi connectivity index (χ2n) is 3.94. The Balaban J connectivity index is 2.30. The fourth-order valence-electron chi connectivity index (χ4n) is 1.95. The molecule has 0 aromatic carbocycles. The van der Waals surface area contributed by atoms with Crippen molar-refractivity contribution in [3.63, 3.8) is 0 Å². The van der Waals surface area contributed by atoms with E-state index in [1.807, 2.05) is 11.9 Å². The van der Waals surface area contributed by atoms with Crippen molar-refractivity contribution >= 4 is 0 Å². The van der Waals surface area contributed by atoms with E-state index in [9.17, 15) is 0 Å². The maximum absolute atomic E-state index is 8.64. The summed E-state index contributed by atoms with van der Waals surface area (Å²) in [6.07, 6.45) is 6.75. The molecule has 1 rings (SSSR count). The maximum atomic E-state index is 8.64. The summed E-state index contributed by atoms with van der Waals surface area (Å²) in [5.74, 6) is 0.781. The van der Waals surface area contributed by atoms with Crippen molar-refractivity contribution in [1.29, 1.82) is 5.26 Å². The predicted molar refractivity (Wildman–Crippen MR) is 54.0 cm³/mol. The fraction of sp³-hybridized carbons (Fsp3) is 0.727.